The Labute approximate surface area is 95.2 Å². The van der Waals surface area contributed by atoms with Crippen LogP contribution in [0.25, 0.3) is 0 Å². The predicted molar refractivity (Wildman–Crippen MR) is 59.8 cm³/mol. The Bertz CT molecular complexity index is 323. The van der Waals surface area contributed by atoms with Crippen LogP contribution in [0.2, 0.25) is 0 Å². The van der Waals surface area contributed by atoms with E-state index < -0.39 is 0 Å². The minimum atomic E-state index is -0.356. The first kappa shape index (κ1) is 11.6. The van der Waals surface area contributed by atoms with E-state index in [9.17, 15) is 0 Å². The molecule has 0 saturated heterocycles. The first-order chi connectivity index (χ1) is 7.81. The molecule has 1 unspecified atom stereocenters. The molecule has 1 fully saturated rings. The summed E-state index contributed by atoms with van der Waals surface area (Å²) < 4.78 is 7.49. The molecular weight excluding hydrogens is 206 g/mol. The van der Waals surface area contributed by atoms with Crippen LogP contribution in [-0.2, 0) is 11.3 Å². The van der Waals surface area contributed by atoms with Crippen LogP contribution < -0.4 is 5.73 Å². The Kier molecular flexibility index (Phi) is 3.93. The number of aromatic nitrogens is 2. The fraction of sp³-hybridized carbons (Fsp3) is 0.727. The van der Waals surface area contributed by atoms with Crippen LogP contribution in [0.4, 0.5) is 0 Å². The molecule has 0 radical (unpaired) electrons. The molecule has 2 rings (SSSR count). The van der Waals surface area contributed by atoms with Gasteiger partial charge in [-0.15, -0.1) is 0 Å². The van der Waals surface area contributed by atoms with Crippen molar-refractivity contribution >= 4 is 0 Å². The molecule has 90 valence electrons. The van der Waals surface area contributed by atoms with Crippen LogP contribution in [0.1, 0.15) is 24.6 Å². The van der Waals surface area contributed by atoms with Gasteiger partial charge in [0.2, 0.25) is 0 Å². The smallest absolute Gasteiger partial charge is 0.0949 e. The zero-order valence-electron chi connectivity index (χ0n) is 9.38. The second-order valence-corrected chi connectivity index (χ2v) is 4.32. The van der Waals surface area contributed by atoms with Gasteiger partial charge < -0.3 is 20.1 Å². The van der Waals surface area contributed by atoms with Crippen LogP contribution in [0.3, 0.4) is 0 Å². The Balaban J connectivity index is 1.76. The van der Waals surface area contributed by atoms with Crippen LogP contribution in [0, 0.1) is 5.92 Å². The van der Waals surface area contributed by atoms with E-state index in [0.29, 0.717) is 6.61 Å². The predicted octanol–water partition coefficient (Wildman–Crippen LogP) is 0.302. The van der Waals surface area contributed by atoms with E-state index >= 15 is 0 Å². The van der Waals surface area contributed by atoms with Gasteiger partial charge in [0.15, 0.2) is 0 Å². The molecule has 0 amide bonds. The van der Waals surface area contributed by atoms with Gasteiger partial charge in [-0.2, -0.15) is 0 Å². The summed E-state index contributed by atoms with van der Waals surface area (Å²) in [6.45, 7) is 2.23. The summed E-state index contributed by atoms with van der Waals surface area (Å²) in [4.78, 5) is 4.03. The largest absolute Gasteiger partial charge is 0.394 e. The van der Waals surface area contributed by atoms with Crippen molar-refractivity contribution in [1.29, 1.82) is 0 Å². The van der Waals surface area contributed by atoms with Crippen molar-refractivity contribution in [3.05, 3.63) is 18.2 Å². The number of aliphatic hydroxyl groups is 1. The molecule has 1 heterocycles. The summed E-state index contributed by atoms with van der Waals surface area (Å²) in [7, 11) is 0. The highest BCUT2D eigenvalue weighted by Crippen LogP contribution is 2.28. The second-order valence-electron chi connectivity index (χ2n) is 4.32. The van der Waals surface area contributed by atoms with Crippen molar-refractivity contribution in [3.63, 3.8) is 0 Å². The number of hydrogen-bond donors (Lipinski definition) is 2. The highest BCUT2D eigenvalue weighted by molar-refractivity contribution is 5.04. The van der Waals surface area contributed by atoms with E-state index in [0.717, 1.165) is 24.8 Å². The summed E-state index contributed by atoms with van der Waals surface area (Å²) in [6, 6.07) is -0.356. The van der Waals surface area contributed by atoms with Crippen LogP contribution in [0.15, 0.2) is 12.5 Å². The molecular formula is C11H19N3O2. The van der Waals surface area contributed by atoms with E-state index in [4.69, 9.17) is 15.6 Å². The maximum atomic E-state index is 8.99. The number of ether oxygens (including phenoxy) is 1. The van der Waals surface area contributed by atoms with Gasteiger partial charge in [0.25, 0.3) is 0 Å². The van der Waals surface area contributed by atoms with Gasteiger partial charge in [-0.3, -0.25) is 0 Å². The summed E-state index contributed by atoms with van der Waals surface area (Å²) in [6.07, 6.45) is 6.05. The zero-order chi connectivity index (χ0) is 11.4. The summed E-state index contributed by atoms with van der Waals surface area (Å²) in [5.41, 5.74) is 6.61. The molecule has 1 saturated carbocycles. The van der Waals surface area contributed by atoms with Gasteiger partial charge >= 0.3 is 0 Å². The average Bonchev–Trinajstić information content (AvgIpc) is 3.01. The summed E-state index contributed by atoms with van der Waals surface area (Å²) >= 11 is 0. The third-order valence-electron chi connectivity index (χ3n) is 2.85. The fourth-order valence-corrected chi connectivity index (χ4v) is 1.62. The molecule has 1 aliphatic rings. The van der Waals surface area contributed by atoms with Crippen molar-refractivity contribution in [3.8, 4) is 0 Å². The van der Waals surface area contributed by atoms with Gasteiger partial charge in [0, 0.05) is 19.3 Å². The van der Waals surface area contributed by atoms with E-state index in [1.165, 1.54) is 12.8 Å². The third kappa shape index (κ3) is 3.04. The molecule has 16 heavy (non-hydrogen) atoms. The molecule has 0 aromatic carbocycles. The summed E-state index contributed by atoms with van der Waals surface area (Å²) in [5.74, 6) is 0.793. The first-order valence-electron chi connectivity index (χ1n) is 5.75. The van der Waals surface area contributed by atoms with E-state index in [2.05, 4.69) is 4.98 Å². The Morgan fingerprint density at radius 1 is 1.62 bits per heavy atom. The monoisotopic (exact) mass is 225 g/mol. The highest BCUT2D eigenvalue weighted by atomic mass is 16.5. The first-order valence-corrected chi connectivity index (χ1v) is 5.75. The normalized spacial score (nSPS) is 17.6. The summed E-state index contributed by atoms with van der Waals surface area (Å²) in [5, 5.41) is 8.99. The van der Waals surface area contributed by atoms with Crippen molar-refractivity contribution < 1.29 is 9.84 Å². The van der Waals surface area contributed by atoms with Crippen molar-refractivity contribution in [2.45, 2.75) is 25.4 Å². The van der Waals surface area contributed by atoms with Crippen LogP contribution >= 0.6 is 0 Å². The minimum Gasteiger partial charge on any atom is -0.394 e. The molecule has 1 aliphatic carbocycles. The SMILES string of the molecule is NC(CO)c1cncn1CCOCC1CC1. The standard InChI is InChI=1S/C11H19N3O2/c12-10(6-15)11-5-13-8-14(11)3-4-16-7-9-1-2-9/h5,8-10,15H,1-4,6-7,12H2. The lowest BCUT2D eigenvalue weighted by Crippen LogP contribution is -2.20. The molecule has 3 N–H and O–H groups in total. The maximum Gasteiger partial charge on any atom is 0.0949 e. The Morgan fingerprint density at radius 2 is 2.44 bits per heavy atom. The minimum absolute atomic E-state index is 0.0609. The fourth-order valence-electron chi connectivity index (χ4n) is 1.62. The van der Waals surface area contributed by atoms with E-state index in [1.807, 2.05) is 4.57 Å². The van der Waals surface area contributed by atoms with Crippen LogP contribution in [-0.4, -0.2) is 34.5 Å². The molecule has 0 spiro atoms. The highest BCUT2D eigenvalue weighted by Gasteiger charge is 2.21. The number of rotatable bonds is 7. The van der Waals surface area contributed by atoms with Gasteiger partial charge in [-0.1, -0.05) is 0 Å². The van der Waals surface area contributed by atoms with Gasteiger partial charge in [0.05, 0.1) is 31.3 Å². The van der Waals surface area contributed by atoms with E-state index in [1.54, 1.807) is 12.5 Å². The van der Waals surface area contributed by atoms with E-state index in [-0.39, 0.29) is 12.6 Å². The Hall–Kier alpha value is -0.910. The average molecular weight is 225 g/mol. The van der Waals surface area contributed by atoms with Gasteiger partial charge in [-0.05, 0) is 18.8 Å². The number of nitrogens with zero attached hydrogens (tertiary/aromatic N) is 2. The number of nitrogens with two attached hydrogens (primary N) is 1. The maximum absolute atomic E-state index is 8.99. The zero-order valence-corrected chi connectivity index (χ0v) is 9.38. The number of imidazole rings is 1. The molecule has 5 nitrogen and oxygen atoms in total. The second kappa shape index (κ2) is 5.43. The molecule has 0 bridgehead atoms. The molecule has 1 aromatic heterocycles. The lowest BCUT2D eigenvalue weighted by molar-refractivity contribution is 0.116. The molecule has 5 heteroatoms. The quantitative estimate of drug-likeness (QED) is 0.655. The van der Waals surface area contributed by atoms with Gasteiger partial charge in [-0.25, -0.2) is 4.98 Å². The van der Waals surface area contributed by atoms with Crippen LogP contribution in [0.5, 0.6) is 0 Å². The molecule has 1 aromatic rings. The van der Waals surface area contributed by atoms with Crippen molar-refractivity contribution in [2.75, 3.05) is 19.8 Å². The van der Waals surface area contributed by atoms with Crippen molar-refractivity contribution in [1.82, 2.24) is 9.55 Å². The third-order valence-corrected chi connectivity index (χ3v) is 2.85. The lowest BCUT2D eigenvalue weighted by atomic mass is 10.2. The Morgan fingerprint density at radius 3 is 3.12 bits per heavy atom. The van der Waals surface area contributed by atoms with Gasteiger partial charge in [0.1, 0.15) is 0 Å². The molecule has 1 atom stereocenters. The van der Waals surface area contributed by atoms with Crippen molar-refractivity contribution in [2.24, 2.45) is 11.7 Å². The number of hydrogen-bond acceptors (Lipinski definition) is 4. The number of aliphatic hydroxyl groups excluding tert-OH is 1. The molecule has 0 aliphatic heterocycles. The lowest BCUT2D eigenvalue weighted by Gasteiger charge is -2.12. The topological polar surface area (TPSA) is 73.3 Å².